The number of halogens is 2. The summed E-state index contributed by atoms with van der Waals surface area (Å²) in [5.74, 6) is -4.32. The Balaban J connectivity index is 2.42. The molecule has 0 saturated heterocycles. The van der Waals surface area contributed by atoms with Gasteiger partial charge in [-0.05, 0) is 37.7 Å². The van der Waals surface area contributed by atoms with E-state index in [9.17, 15) is 13.6 Å². The van der Waals surface area contributed by atoms with E-state index in [1.807, 2.05) is 6.92 Å². The third-order valence-corrected chi connectivity index (χ3v) is 3.60. The molecule has 2 aliphatic rings. The number of Topliss-reactive ketones (excluding diaryl/α,β-unsaturated/α-hetero) is 1. The minimum absolute atomic E-state index is 0.0807. The average Bonchev–Trinajstić information content (AvgIpc) is 2.43. The smallest absolute Gasteiger partial charge is 0.292 e. The van der Waals surface area contributed by atoms with Crippen molar-refractivity contribution < 1.29 is 13.6 Å². The number of ketones is 1. The van der Waals surface area contributed by atoms with E-state index in [2.05, 4.69) is 0 Å². The van der Waals surface area contributed by atoms with E-state index in [1.54, 1.807) is 6.92 Å². The number of carbonyl (C=O) groups is 1. The quantitative estimate of drug-likeness (QED) is 0.549. The molecule has 3 heteroatoms. The van der Waals surface area contributed by atoms with Gasteiger partial charge in [0.1, 0.15) is 0 Å². The van der Waals surface area contributed by atoms with Crippen LogP contribution in [0.1, 0.15) is 26.7 Å². The summed E-state index contributed by atoms with van der Waals surface area (Å²) in [5, 5.41) is 0. The summed E-state index contributed by atoms with van der Waals surface area (Å²) in [6, 6.07) is 0. The predicted molar refractivity (Wildman–Crippen MR) is 49.1 cm³/mol. The van der Waals surface area contributed by atoms with Crippen molar-refractivity contribution in [2.24, 2.45) is 17.8 Å². The maximum absolute atomic E-state index is 13.2. The largest absolute Gasteiger partial charge is 0.324 e. The summed E-state index contributed by atoms with van der Waals surface area (Å²) in [6.45, 7) is 3.62. The molecule has 0 amide bonds. The number of hydrogen-bond donors (Lipinski definition) is 0. The molecule has 0 heterocycles. The first-order valence-electron chi connectivity index (χ1n) is 5.05. The van der Waals surface area contributed by atoms with Crippen LogP contribution in [0.2, 0.25) is 0 Å². The molecule has 0 aliphatic heterocycles. The topological polar surface area (TPSA) is 17.1 Å². The normalized spacial score (nSPS) is 40.7. The lowest BCUT2D eigenvalue weighted by atomic mass is 9.76. The van der Waals surface area contributed by atoms with Crippen LogP contribution in [0.15, 0.2) is 11.6 Å². The van der Waals surface area contributed by atoms with Gasteiger partial charge in [0.15, 0.2) is 0 Å². The fourth-order valence-electron chi connectivity index (χ4n) is 2.84. The van der Waals surface area contributed by atoms with Crippen molar-refractivity contribution in [3.63, 3.8) is 0 Å². The molecule has 0 unspecified atom stereocenters. The Kier molecular flexibility index (Phi) is 2.02. The minimum atomic E-state index is -3.22. The number of rotatable bonds is 0. The van der Waals surface area contributed by atoms with Gasteiger partial charge in [0, 0.05) is 5.92 Å². The molecule has 2 rings (SSSR count). The van der Waals surface area contributed by atoms with Gasteiger partial charge in [0.2, 0.25) is 5.78 Å². The predicted octanol–water partition coefficient (Wildman–Crippen LogP) is 2.81. The van der Waals surface area contributed by atoms with Gasteiger partial charge in [-0.15, -0.1) is 0 Å². The summed E-state index contributed by atoms with van der Waals surface area (Å²) in [7, 11) is 0. The lowest BCUT2D eigenvalue weighted by molar-refractivity contribution is -0.145. The van der Waals surface area contributed by atoms with Crippen LogP contribution in [0, 0.1) is 17.8 Å². The van der Waals surface area contributed by atoms with Crippen LogP contribution in [-0.2, 0) is 4.79 Å². The van der Waals surface area contributed by atoms with Crippen molar-refractivity contribution in [2.75, 3.05) is 0 Å². The zero-order valence-electron chi connectivity index (χ0n) is 8.39. The summed E-state index contributed by atoms with van der Waals surface area (Å²) < 4.78 is 26.5. The molecule has 0 spiro atoms. The molecule has 0 aromatic heterocycles. The number of allylic oxidation sites excluding steroid dienone is 2. The number of hydrogen-bond acceptors (Lipinski definition) is 1. The minimum Gasteiger partial charge on any atom is -0.292 e. The molecule has 0 N–H and O–H groups in total. The Labute approximate surface area is 82.2 Å². The number of alkyl halides is 2. The Morgan fingerprint density at radius 1 is 1.43 bits per heavy atom. The van der Waals surface area contributed by atoms with E-state index in [0.717, 1.165) is 18.9 Å². The molecule has 2 aliphatic carbocycles. The van der Waals surface area contributed by atoms with E-state index in [1.165, 1.54) is 0 Å². The van der Waals surface area contributed by atoms with E-state index in [4.69, 9.17) is 0 Å². The molecular weight excluding hydrogens is 186 g/mol. The van der Waals surface area contributed by atoms with Crippen LogP contribution < -0.4 is 0 Å². The summed E-state index contributed by atoms with van der Waals surface area (Å²) in [6.07, 6.45) is 2.63. The standard InChI is InChI=1S/C11H14F2O/c1-6-3-4-8-7(2)5-11(12,13)10(14)9(6)8/h5-6,8-9H,3-4H2,1-2H3/t6-,8+,9+/m0/s1. The third kappa shape index (κ3) is 1.22. The van der Waals surface area contributed by atoms with Gasteiger partial charge in [-0.2, -0.15) is 8.78 Å². The molecule has 1 fully saturated rings. The van der Waals surface area contributed by atoms with E-state index in [0.29, 0.717) is 5.57 Å². The van der Waals surface area contributed by atoms with Crippen LogP contribution >= 0.6 is 0 Å². The molecule has 78 valence electrons. The van der Waals surface area contributed by atoms with Gasteiger partial charge in [-0.3, -0.25) is 4.79 Å². The monoisotopic (exact) mass is 200 g/mol. The maximum Gasteiger partial charge on any atom is 0.324 e. The Bertz CT molecular complexity index is 306. The fraction of sp³-hybridized carbons (Fsp3) is 0.727. The molecule has 0 bridgehead atoms. The van der Waals surface area contributed by atoms with E-state index in [-0.39, 0.29) is 11.8 Å². The molecule has 1 nitrogen and oxygen atoms in total. The van der Waals surface area contributed by atoms with Gasteiger partial charge in [-0.25, -0.2) is 0 Å². The van der Waals surface area contributed by atoms with E-state index >= 15 is 0 Å². The SMILES string of the molecule is CC1=CC(F)(F)C(=O)[C@H]2[C@@H]1CC[C@@H]2C. The zero-order chi connectivity index (χ0) is 10.5. The Morgan fingerprint density at radius 2 is 2.07 bits per heavy atom. The molecule has 14 heavy (non-hydrogen) atoms. The van der Waals surface area contributed by atoms with Crippen LogP contribution in [0.5, 0.6) is 0 Å². The van der Waals surface area contributed by atoms with Crippen LogP contribution in [-0.4, -0.2) is 11.7 Å². The van der Waals surface area contributed by atoms with Crippen molar-refractivity contribution in [1.82, 2.24) is 0 Å². The highest BCUT2D eigenvalue weighted by molar-refractivity contribution is 5.92. The van der Waals surface area contributed by atoms with Gasteiger partial charge in [0.05, 0.1) is 0 Å². The third-order valence-electron chi connectivity index (χ3n) is 3.60. The van der Waals surface area contributed by atoms with Crippen molar-refractivity contribution in [3.05, 3.63) is 11.6 Å². The first-order valence-corrected chi connectivity index (χ1v) is 5.05. The number of fused-ring (bicyclic) bond motifs is 1. The van der Waals surface area contributed by atoms with Gasteiger partial charge in [-0.1, -0.05) is 12.5 Å². The van der Waals surface area contributed by atoms with Crippen molar-refractivity contribution >= 4 is 5.78 Å². The highest BCUT2D eigenvalue weighted by atomic mass is 19.3. The average molecular weight is 200 g/mol. The number of carbonyl (C=O) groups excluding carboxylic acids is 1. The molecule has 0 aromatic rings. The lowest BCUT2D eigenvalue weighted by Crippen LogP contribution is -2.41. The van der Waals surface area contributed by atoms with Crippen molar-refractivity contribution in [1.29, 1.82) is 0 Å². The molecule has 1 saturated carbocycles. The fourth-order valence-corrected chi connectivity index (χ4v) is 2.84. The van der Waals surface area contributed by atoms with Gasteiger partial charge >= 0.3 is 5.92 Å². The van der Waals surface area contributed by atoms with Gasteiger partial charge in [0.25, 0.3) is 0 Å². The first-order chi connectivity index (χ1) is 6.43. The first kappa shape index (κ1) is 9.81. The summed E-state index contributed by atoms with van der Waals surface area (Å²) in [4.78, 5) is 11.5. The van der Waals surface area contributed by atoms with E-state index < -0.39 is 17.6 Å². The summed E-state index contributed by atoms with van der Waals surface area (Å²) in [5.41, 5.74) is 0.698. The zero-order valence-corrected chi connectivity index (χ0v) is 8.39. The van der Waals surface area contributed by atoms with Crippen molar-refractivity contribution in [2.45, 2.75) is 32.6 Å². The van der Waals surface area contributed by atoms with Crippen LogP contribution in [0.3, 0.4) is 0 Å². The van der Waals surface area contributed by atoms with Gasteiger partial charge < -0.3 is 0 Å². The second-order valence-corrected chi connectivity index (χ2v) is 4.56. The van der Waals surface area contributed by atoms with Crippen molar-refractivity contribution in [3.8, 4) is 0 Å². The lowest BCUT2D eigenvalue weighted by Gasteiger charge is -2.30. The maximum atomic E-state index is 13.2. The second-order valence-electron chi connectivity index (χ2n) is 4.56. The van der Waals surface area contributed by atoms with Crippen LogP contribution in [0.25, 0.3) is 0 Å². The summed E-state index contributed by atoms with van der Waals surface area (Å²) >= 11 is 0. The molecule has 0 aromatic carbocycles. The molecular formula is C11H14F2O. The highest BCUT2D eigenvalue weighted by Crippen LogP contribution is 2.47. The highest BCUT2D eigenvalue weighted by Gasteiger charge is 2.52. The van der Waals surface area contributed by atoms with Crippen LogP contribution in [0.4, 0.5) is 8.78 Å². The Hall–Kier alpha value is -0.730. The molecule has 3 atom stereocenters. The second kappa shape index (κ2) is 2.88. The Morgan fingerprint density at radius 3 is 2.71 bits per heavy atom. The molecule has 0 radical (unpaired) electrons.